The van der Waals surface area contributed by atoms with Gasteiger partial charge in [0.1, 0.15) is 0 Å². The molecule has 0 unspecified atom stereocenters. The van der Waals surface area contributed by atoms with Gasteiger partial charge in [0.05, 0.1) is 0 Å². The molecule has 0 aromatic carbocycles. The van der Waals surface area contributed by atoms with Crippen LogP contribution in [0.3, 0.4) is 0 Å². The van der Waals surface area contributed by atoms with Crippen LogP contribution < -0.4 is 0 Å². The fourth-order valence-electron chi connectivity index (χ4n) is 4.15. The van der Waals surface area contributed by atoms with Gasteiger partial charge in [-0.05, 0) is 36.3 Å². The average molecular weight is 376 g/mol. The minimum Gasteiger partial charge on any atom is -0.367 e. The van der Waals surface area contributed by atoms with Gasteiger partial charge in [-0.25, -0.2) is 0 Å². The number of hydrogen-bond donors (Lipinski definition) is 1. The Balaban J connectivity index is 1.81. The molecule has 0 radical (unpaired) electrons. The van der Waals surface area contributed by atoms with E-state index in [9.17, 15) is 0 Å². The number of aromatic amines is 1. The SMILES string of the molecule is CCCCCCCCCCCCCCCCCCc1c[nH]cc1CC(C)C. The zero-order chi connectivity index (χ0) is 19.6. The second-order valence-electron chi connectivity index (χ2n) is 9.16. The molecule has 1 aromatic heterocycles. The minimum absolute atomic E-state index is 0.755. The summed E-state index contributed by atoms with van der Waals surface area (Å²) in [5.74, 6) is 0.755. The van der Waals surface area contributed by atoms with Crippen LogP contribution in [0.2, 0.25) is 0 Å². The lowest BCUT2D eigenvalue weighted by atomic mass is 9.98. The molecule has 0 saturated heterocycles. The molecule has 0 saturated carbocycles. The second-order valence-corrected chi connectivity index (χ2v) is 9.16. The maximum Gasteiger partial charge on any atom is 0.00403 e. The van der Waals surface area contributed by atoms with E-state index in [1.54, 1.807) is 11.1 Å². The van der Waals surface area contributed by atoms with E-state index < -0.39 is 0 Å². The Morgan fingerprint density at radius 1 is 0.593 bits per heavy atom. The van der Waals surface area contributed by atoms with Crippen LogP contribution in [0.5, 0.6) is 0 Å². The second kappa shape index (κ2) is 17.4. The Morgan fingerprint density at radius 2 is 1.00 bits per heavy atom. The predicted octanol–water partition coefficient (Wildman–Crippen LogP) is 9.02. The first-order valence-corrected chi connectivity index (χ1v) is 12.4. The number of unbranched alkanes of at least 4 members (excludes halogenated alkanes) is 15. The van der Waals surface area contributed by atoms with Crippen molar-refractivity contribution in [1.29, 1.82) is 0 Å². The van der Waals surface area contributed by atoms with Crippen molar-refractivity contribution in [3.8, 4) is 0 Å². The lowest BCUT2D eigenvalue weighted by Gasteiger charge is -2.07. The summed E-state index contributed by atoms with van der Waals surface area (Å²) < 4.78 is 0. The Hall–Kier alpha value is -0.720. The van der Waals surface area contributed by atoms with Gasteiger partial charge >= 0.3 is 0 Å². The van der Waals surface area contributed by atoms with Gasteiger partial charge in [0, 0.05) is 12.4 Å². The van der Waals surface area contributed by atoms with Gasteiger partial charge in [-0.2, -0.15) is 0 Å². The molecule has 0 spiro atoms. The summed E-state index contributed by atoms with van der Waals surface area (Å²) in [6.45, 7) is 6.92. The number of nitrogens with one attached hydrogen (secondary N) is 1. The van der Waals surface area contributed by atoms with Gasteiger partial charge in [0.2, 0.25) is 0 Å². The molecule has 1 heteroatoms. The molecule has 0 aliphatic carbocycles. The topological polar surface area (TPSA) is 15.8 Å². The normalized spacial score (nSPS) is 11.6. The molecule has 0 bridgehead atoms. The molecule has 1 rings (SSSR count). The first kappa shape index (κ1) is 24.3. The van der Waals surface area contributed by atoms with Crippen LogP contribution in [-0.4, -0.2) is 4.98 Å². The van der Waals surface area contributed by atoms with E-state index in [1.807, 2.05) is 0 Å². The first-order valence-electron chi connectivity index (χ1n) is 12.4. The molecule has 1 nitrogen and oxygen atoms in total. The molecule has 1 N–H and O–H groups in total. The van der Waals surface area contributed by atoms with Crippen LogP contribution in [0.1, 0.15) is 135 Å². The van der Waals surface area contributed by atoms with Crippen LogP contribution in [0.25, 0.3) is 0 Å². The third-order valence-corrected chi connectivity index (χ3v) is 5.86. The van der Waals surface area contributed by atoms with Crippen LogP contribution in [0.4, 0.5) is 0 Å². The molecule has 27 heavy (non-hydrogen) atoms. The van der Waals surface area contributed by atoms with E-state index in [4.69, 9.17) is 0 Å². The molecule has 0 aliphatic rings. The monoisotopic (exact) mass is 375 g/mol. The summed E-state index contributed by atoms with van der Waals surface area (Å²) >= 11 is 0. The largest absolute Gasteiger partial charge is 0.367 e. The van der Waals surface area contributed by atoms with Crippen molar-refractivity contribution in [2.24, 2.45) is 5.92 Å². The van der Waals surface area contributed by atoms with Crippen molar-refractivity contribution in [2.45, 2.75) is 136 Å². The predicted molar refractivity (Wildman–Crippen MR) is 123 cm³/mol. The highest BCUT2D eigenvalue weighted by Gasteiger charge is 2.05. The average Bonchev–Trinajstić information content (AvgIpc) is 3.07. The van der Waals surface area contributed by atoms with Crippen LogP contribution in [0, 0.1) is 5.92 Å². The molecule has 1 heterocycles. The van der Waals surface area contributed by atoms with Crippen molar-refractivity contribution in [3.63, 3.8) is 0 Å². The quantitative estimate of drug-likeness (QED) is 0.232. The maximum atomic E-state index is 3.31. The van der Waals surface area contributed by atoms with E-state index in [0.29, 0.717) is 0 Å². The summed E-state index contributed by atoms with van der Waals surface area (Å²) in [5, 5.41) is 0. The molecule has 1 aromatic rings. The number of rotatable bonds is 19. The van der Waals surface area contributed by atoms with Crippen LogP contribution in [0.15, 0.2) is 12.4 Å². The van der Waals surface area contributed by atoms with Gasteiger partial charge in [-0.3, -0.25) is 0 Å². The lowest BCUT2D eigenvalue weighted by molar-refractivity contribution is 0.529. The zero-order valence-corrected chi connectivity index (χ0v) is 19.0. The zero-order valence-electron chi connectivity index (χ0n) is 19.0. The molecule has 0 atom stereocenters. The maximum absolute atomic E-state index is 3.31. The fraction of sp³-hybridized carbons (Fsp3) is 0.846. The summed E-state index contributed by atoms with van der Waals surface area (Å²) in [6, 6.07) is 0. The van der Waals surface area contributed by atoms with Crippen molar-refractivity contribution < 1.29 is 0 Å². The Kier molecular flexibility index (Phi) is 15.7. The van der Waals surface area contributed by atoms with E-state index in [-0.39, 0.29) is 0 Å². The van der Waals surface area contributed by atoms with Gasteiger partial charge in [-0.1, -0.05) is 117 Å². The smallest absolute Gasteiger partial charge is 0.00403 e. The number of H-pyrrole nitrogens is 1. The molecule has 158 valence electrons. The Bertz CT molecular complexity index is 418. The Labute approximate surface area is 171 Å². The molecule has 0 fully saturated rings. The first-order chi connectivity index (χ1) is 13.2. The van der Waals surface area contributed by atoms with Crippen molar-refractivity contribution in [2.75, 3.05) is 0 Å². The van der Waals surface area contributed by atoms with Crippen LogP contribution in [-0.2, 0) is 12.8 Å². The summed E-state index contributed by atoms with van der Waals surface area (Å²) in [7, 11) is 0. The summed E-state index contributed by atoms with van der Waals surface area (Å²) in [4.78, 5) is 3.31. The summed E-state index contributed by atoms with van der Waals surface area (Å²) in [6.07, 6.45) is 30.1. The standard InChI is InChI=1S/C26H49N/c1-4-5-6-7-8-9-10-11-12-13-14-15-16-17-18-19-20-25-22-27-23-26(25)21-24(2)3/h22-24,27H,4-21H2,1-3H3. The fourth-order valence-corrected chi connectivity index (χ4v) is 4.15. The summed E-state index contributed by atoms with van der Waals surface area (Å²) in [5.41, 5.74) is 3.11. The van der Waals surface area contributed by atoms with Crippen molar-refractivity contribution >= 4 is 0 Å². The number of aromatic nitrogens is 1. The number of aryl methyl sites for hydroxylation is 1. The van der Waals surface area contributed by atoms with Gasteiger partial charge in [-0.15, -0.1) is 0 Å². The Morgan fingerprint density at radius 3 is 1.44 bits per heavy atom. The van der Waals surface area contributed by atoms with E-state index in [0.717, 1.165) is 5.92 Å². The molecule has 0 aliphatic heterocycles. The van der Waals surface area contributed by atoms with Crippen molar-refractivity contribution in [3.05, 3.63) is 23.5 Å². The highest BCUT2D eigenvalue weighted by Crippen LogP contribution is 2.17. The lowest BCUT2D eigenvalue weighted by Crippen LogP contribution is -1.96. The van der Waals surface area contributed by atoms with Gasteiger partial charge in [0.25, 0.3) is 0 Å². The molecular formula is C26H49N. The molecule has 0 amide bonds. The van der Waals surface area contributed by atoms with E-state index in [1.165, 1.54) is 116 Å². The van der Waals surface area contributed by atoms with Gasteiger partial charge < -0.3 is 4.98 Å². The highest BCUT2D eigenvalue weighted by atomic mass is 14.6. The van der Waals surface area contributed by atoms with E-state index >= 15 is 0 Å². The number of hydrogen-bond acceptors (Lipinski definition) is 0. The van der Waals surface area contributed by atoms with E-state index in [2.05, 4.69) is 38.1 Å². The molecular weight excluding hydrogens is 326 g/mol. The third kappa shape index (κ3) is 14.0. The third-order valence-electron chi connectivity index (χ3n) is 5.86. The highest BCUT2D eigenvalue weighted by molar-refractivity contribution is 5.23. The van der Waals surface area contributed by atoms with Crippen LogP contribution >= 0.6 is 0 Å². The van der Waals surface area contributed by atoms with Gasteiger partial charge in [0.15, 0.2) is 0 Å². The van der Waals surface area contributed by atoms with Crippen molar-refractivity contribution in [1.82, 2.24) is 4.98 Å². The minimum atomic E-state index is 0.755.